The second-order valence-electron chi connectivity index (χ2n) is 9.89. The van der Waals surface area contributed by atoms with Gasteiger partial charge in [0.05, 0.1) is 7.11 Å². The quantitative estimate of drug-likeness (QED) is 0.192. The molecule has 0 radical (unpaired) electrons. The molecule has 0 saturated heterocycles. The molecule has 0 aromatic rings. The number of ether oxygens (including phenoxy) is 2. The maximum atomic E-state index is 12.7. The van der Waals surface area contributed by atoms with E-state index in [0.717, 1.165) is 5.57 Å². The van der Waals surface area contributed by atoms with Gasteiger partial charge in [0.25, 0.3) is 0 Å². The summed E-state index contributed by atoms with van der Waals surface area (Å²) in [6, 6.07) is -0.793. The van der Waals surface area contributed by atoms with Crippen molar-refractivity contribution in [2.45, 2.75) is 72.4 Å². The molecule has 8 nitrogen and oxygen atoms in total. The first-order valence-electron chi connectivity index (χ1n) is 12.4. The van der Waals surface area contributed by atoms with Crippen LogP contribution in [0.2, 0.25) is 0 Å². The number of ketones is 1. The molecule has 1 heterocycles. The van der Waals surface area contributed by atoms with Crippen LogP contribution in [0, 0.1) is 5.41 Å². The molecule has 1 aliphatic heterocycles. The Morgan fingerprint density at radius 2 is 1.84 bits per heavy atom. The fourth-order valence-electron chi connectivity index (χ4n) is 3.24. The van der Waals surface area contributed by atoms with E-state index in [0.29, 0.717) is 17.9 Å². The van der Waals surface area contributed by atoms with Crippen molar-refractivity contribution >= 4 is 35.2 Å². The molecule has 1 aliphatic rings. The number of allylic oxidation sites excluding steroid dienone is 7. The maximum Gasteiger partial charge on any atom is 0.373 e. The highest BCUT2D eigenvalue weighted by Gasteiger charge is 2.31. The number of nitrogens with one attached hydrogen (secondary N) is 2. The summed E-state index contributed by atoms with van der Waals surface area (Å²) in [5, 5.41) is 5.92. The van der Waals surface area contributed by atoms with Crippen LogP contribution in [-0.4, -0.2) is 42.8 Å². The molecule has 0 aromatic carbocycles. The first-order chi connectivity index (χ1) is 17.8. The van der Waals surface area contributed by atoms with E-state index in [-0.39, 0.29) is 36.4 Å². The van der Waals surface area contributed by atoms with E-state index in [2.05, 4.69) is 10.6 Å². The minimum atomic E-state index is -0.793. The standard InChI is InChI=1S/C29H39ClN2O6/c1-20(13-16-23-17-18-24(37-6)28(36)38-23)10-7-8-12-25(34)32-26(29(3,4)5)27(35)31-19-9-11-22(33)15-14-21(2)30/h7-10,12-14,18-19,23,26H,11,15-17H2,1-6H3,(H,31,35)(H,32,34)/b10-7-,12-8-,19-9-,20-13+,21-14+/t23-,26?/m1/s1. The highest BCUT2D eigenvalue weighted by molar-refractivity contribution is 6.29. The van der Waals surface area contributed by atoms with Gasteiger partial charge in [-0.05, 0) is 25.3 Å². The van der Waals surface area contributed by atoms with Gasteiger partial charge in [-0.2, -0.15) is 0 Å². The number of halogens is 1. The Kier molecular flexibility index (Phi) is 14.1. The molecule has 1 rings (SSSR count). The molecular formula is C29H39ClN2O6. The molecular weight excluding hydrogens is 508 g/mol. The molecule has 9 heteroatoms. The average molecular weight is 547 g/mol. The number of cyclic esters (lactones) is 1. The summed E-state index contributed by atoms with van der Waals surface area (Å²) in [6.07, 6.45) is 16.1. The molecule has 208 valence electrons. The van der Waals surface area contributed by atoms with Crippen LogP contribution in [0.4, 0.5) is 0 Å². The van der Waals surface area contributed by atoms with Crippen LogP contribution in [-0.2, 0) is 28.7 Å². The van der Waals surface area contributed by atoms with Gasteiger partial charge < -0.3 is 20.1 Å². The predicted octanol–water partition coefficient (Wildman–Crippen LogP) is 4.93. The number of hydrogen-bond acceptors (Lipinski definition) is 6. The Morgan fingerprint density at radius 1 is 1.16 bits per heavy atom. The SMILES string of the molecule is COC1=CC[C@@H](C/C=C(C)/C=C\C=C/C(=O)NC(C(=O)N/C=C\CC(=O)C/C=C(\C)Cl)C(C)(C)C)OC1=O. The number of carbonyl (C=O) groups is 4. The van der Waals surface area contributed by atoms with Gasteiger partial charge in [-0.1, -0.05) is 74.4 Å². The Balaban J connectivity index is 2.58. The third-order valence-corrected chi connectivity index (χ3v) is 5.55. The lowest BCUT2D eigenvalue weighted by atomic mass is 9.86. The minimum absolute atomic E-state index is 0.0327. The monoisotopic (exact) mass is 546 g/mol. The molecule has 38 heavy (non-hydrogen) atoms. The van der Waals surface area contributed by atoms with E-state index in [9.17, 15) is 19.2 Å². The number of carbonyl (C=O) groups excluding carboxylic acids is 4. The minimum Gasteiger partial charge on any atom is -0.490 e. The van der Waals surface area contributed by atoms with E-state index in [1.807, 2.05) is 39.8 Å². The number of Topliss-reactive ketones (excluding diaryl/α,β-unsaturated/α-hetero) is 1. The molecule has 0 bridgehead atoms. The predicted molar refractivity (Wildman–Crippen MR) is 149 cm³/mol. The van der Waals surface area contributed by atoms with Crippen LogP contribution in [0.1, 0.15) is 60.3 Å². The summed E-state index contributed by atoms with van der Waals surface area (Å²) in [5.74, 6) is -1.06. The third kappa shape index (κ3) is 13.2. The van der Waals surface area contributed by atoms with E-state index in [4.69, 9.17) is 21.1 Å². The van der Waals surface area contributed by atoms with Crippen molar-refractivity contribution in [3.63, 3.8) is 0 Å². The summed E-state index contributed by atoms with van der Waals surface area (Å²) >= 11 is 5.72. The van der Waals surface area contributed by atoms with E-state index in [1.165, 1.54) is 19.4 Å². The van der Waals surface area contributed by atoms with Gasteiger partial charge in [-0.3, -0.25) is 14.4 Å². The van der Waals surface area contributed by atoms with Crippen LogP contribution in [0.3, 0.4) is 0 Å². The largest absolute Gasteiger partial charge is 0.490 e. The lowest BCUT2D eigenvalue weighted by molar-refractivity contribution is -0.149. The Hall–Kier alpha value is -3.39. The molecule has 2 atom stereocenters. The van der Waals surface area contributed by atoms with Crippen LogP contribution < -0.4 is 10.6 Å². The fourth-order valence-corrected chi connectivity index (χ4v) is 3.32. The average Bonchev–Trinajstić information content (AvgIpc) is 2.84. The van der Waals surface area contributed by atoms with Crippen LogP contribution >= 0.6 is 11.6 Å². The molecule has 2 amide bonds. The molecule has 0 aliphatic carbocycles. The van der Waals surface area contributed by atoms with Crippen molar-refractivity contribution in [3.8, 4) is 0 Å². The summed E-state index contributed by atoms with van der Waals surface area (Å²) in [4.78, 5) is 48.6. The second kappa shape index (κ2) is 16.5. The first kappa shape index (κ1) is 32.6. The number of methoxy groups -OCH3 is 1. The highest BCUT2D eigenvalue weighted by atomic mass is 35.5. The molecule has 0 spiro atoms. The summed E-state index contributed by atoms with van der Waals surface area (Å²) < 4.78 is 10.3. The van der Waals surface area contributed by atoms with Crippen LogP contribution in [0.5, 0.6) is 0 Å². The van der Waals surface area contributed by atoms with Crippen molar-refractivity contribution in [2.24, 2.45) is 5.41 Å². The van der Waals surface area contributed by atoms with Crippen molar-refractivity contribution < 1.29 is 28.7 Å². The van der Waals surface area contributed by atoms with Gasteiger partial charge in [0.15, 0.2) is 5.76 Å². The molecule has 0 saturated carbocycles. The van der Waals surface area contributed by atoms with Gasteiger partial charge in [0.1, 0.15) is 17.9 Å². The second-order valence-corrected chi connectivity index (χ2v) is 10.5. The first-order valence-corrected chi connectivity index (χ1v) is 12.8. The molecule has 0 aromatic heterocycles. The highest BCUT2D eigenvalue weighted by Crippen LogP contribution is 2.20. The Labute approximate surface area is 230 Å². The van der Waals surface area contributed by atoms with E-state index < -0.39 is 23.3 Å². The van der Waals surface area contributed by atoms with Crippen molar-refractivity contribution in [1.29, 1.82) is 0 Å². The summed E-state index contributed by atoms with van der Waals surface area (Å²) in [7, 11) is 1.43. The normalized spacial score (nSPS) is 17.9. The number of esters is 1. The number of amides is 2. The van der Waals surface area contributed by atoms with Crippen molar-refractivity contribution in [2.75, 3.05) is 7.11 Å². The molecule has 2 N–H and O–H groups in total. The van der Waals surface area contributed by atoms with Gasteiger partial charge >= 0.3 is 5.97 Å². The summed E-state index contributed by atoms with van der Waals surface area (Å²) in [6.45, 7) is 9.14. The van der Waals surface area contributed by atoms with Crippen molar-refractivity contribution in [3.05, 3.63) is 71.2 Å². The fraction of sp³-hybridized carbons (Fsp3) is 0.448. The van der Waals surface area contributed by atoms with Gasteiger partial charge in [0.2, 0.25) is 11.8 Å². The van der Waals surface area contributed by atoms with Gasteiger partial charge in [-0.15, -0.1) is 0 Å². The van der Waals surface area contributed by atoms with Crippen LogP contribution in [0.15, 0.2) is 71.2 Å². The van der Waals surface area contributed by atoms with E-state index >= 15 is 0 Å². The number of rotatable bonds is 13. The summed E-state index contributed by atoms with van der Waals surface area (Å²) in [5.41, 5.74) is 0.398. The lowest BCUT2D eigenvalue weighted by Crippen LogP contribution is -2.52. The Bertz CT molecular complexity index is 1040. The maximum absolute atomic E-state index is 12.7. The van der Waals surface area contributed by atoms with Crippen LogP contribution in [0.25, 0.3) is 0 Å². The van der Waals surface area contributed by atoms with Crippen molar-refractivity contribution in [1.82, 2.24) is 10.6 Å². The smallest absolute Gasteiger partial charge is 0.373 e. The zero-order chi connectivity index (χ0) is 28.7. The zero-order valence-corrected chi connectivity index (χ0v) is 23.8. The zero-order valence-electron chi connectivity index (χ0n) is 23.0. The molecule has 0 fully saturated rings. The molecule has 1 unspecified atom stereocenters. The Morgan fingerprint density at radius 3 is 2.45 bits per heavy atom. The van der Waals surface area contributed by atoms with Gasteiger partial charge in [-0.25, -0.2) is 4.79 Å². The number of hydrogen-bond donors (Lipinski definition) is 2. The lowest BCUT2D eigenvalue weighted by Gasteiger charge is -2.29. The third-order valence-electron chi connectivity index (χ3n) is 5.40. The van der Waals surface area contributed by atoms with Gasteiger partial charge in [0, 0.05) is 43.0 Å². The van der Waals surface area contributed by atoms with E-state index in [1.54, 1.807) is 37.3 Å². The topological polar surface area (TPSA) is 111 Å².